The second kappa shape index (κ2) is 9.15. The van der Waals surface area contributed by atoms with Gasteiger partial charge < -0.3 is 14.7 Å². The minimum Gasteiger partial charge on any atom is -0.416 e. The number of anilines is 2. The van der Waals surface area contributed by atoms with Crippen molar-refractivity contribution in [2.75, 3.05) is 5.32 Å². The van der Waals surface area contributed by atoms with E-state index in [1.54, 1.807) is 6.07 Å². The molecular weight excluding hydrogens is 466 g/mol. The number of hydrogen-bond acceptors (Lipinski definition) is 8. The summed E-state index contributed by atoms with van der Waals surface area (Å²) in [4.78, 5) is 19.3. The van der Waals surface area contributed by atoms with Crippen LogP contribution in [-0.2, 0) is 12.2 Å². The Hall–Kier alpha value is -3.14. The van der Waals surface area contributed by atoms with Crippen molar-refractivity contribution in [3.05, 3.63) is 92.5 Å². The Bertz CT molecular complexity index is 1450. The molecule has 10 heteroatoms. The first kappa shape index (κ1) is 20.7. The summed E-state index contributed by atoms with van der Waals surface area (Å²) in [5.74, 6) is 1.04. The number of thioether (sulfide) groups is 1. The predicted molar refractivity (Wildman–Crippen MR) is 128 cm³/mol. The fourth-order valence-corrected chi connectivity index (χ4v) is 4.89. The number of aromatic amines is 1. The third-order valence-corrected chi connectivity index (χ3v) is 6.50. The zero-order chi connectivity index (χ0) is 21.9. The molecule has 0 aliphatic heterocycles. The van der Waals surface area contributed by atoms with Crippen molar-refractivity contribution in [3.8, 4) is 0 Å². The highest BCUT2D eigenvalue weighted by atomic mass is 35.5. The van der Waals surface area contributed by atoms with E-state index in [4.69, 9.17) is 16.0 Å². The van der Waals surface area contributed by atoms with Crippen molar-refractivity contribution < 1.29 is 4.42 Å². The van der Waals surface area contributed by atoms with E-state index < -0.39 is 0 Å². The lowest BCUT2D eigenvalue weighted by Crippen LogP contribution is -2.05. The summed E-state index contributed by atoms with van der Waals surface area (Å²) in [6.07, 6.45) is 0.440. The molecule has 7 nitrogen and oxygen atoms in total. The largest absolute Gasteiger partial charge is 0.416 e. The Morgan fingerprint density at radius 1 is 1.12 bits per heavy atom. The summed E-state index contributed by atoms with van der Waals surface area (Å²) >= 11 is 8.92. The van der Waals surface area contributed by atoms with Crippen molar-refractivity contribution in [2.24, 2.45) is 0 Å². The van der Waals surface area contributed by atoms with Crippen LogP contribution in [0.3, 0.4) is 0 Å². The topological polar surface area (TPSA) is 96.7 Å². The third-order valence-electron chi connectivity index (χ3n) is 4.60. The monoisotopic (exact) mass is 481 g/mol. The quantitative estimate of drug-likeness (QED) is 0.290. The number of aromatic nitrogens is 4. The van der Waals surface area contributed by atoms with Gasteiger partial charge in [0, 0.05) is 38.8 Å². The number of hydrogen-bond donors (Lipinski definition) is 2. The maximum Gasteiger partial charge on any atom is 0.276 e. The number of nitrogens with one attached hydrogen (secondary N) is 2. The second-order valence-corrected chi connectivity index (χ2v) is 9.13. The smallest absolute Gasteiger partial charge is 0.276 e. The highest BCUT2D eigenvalue weighted by Gasteiger charge is 2.12. The van der Waals surface area contributed by atoms with Gasteiger partial charge >= 0.3 is 0 Å². The van der Waals surface area contributed by atoms with Gasteiger partial charge in [-0.15, -0.1) is 21.5 Å². The van der Waals surface area contributed by atoms with Crippen LogP contribution in [0.25, 0.3) is 10.9 Å². The summed E-state index contributed by atoms with van der Waals surface area (Å²) < 4.78 is 5.78. The van der Waals surface area contributed by atoms with Crippen LogP contribution in [0, 0.1) is 0 Å². The van der Waals surface area contributed by atoms with Gasteiger partial charge in [-0.3, -0.25) is 4.79 Å². The van der Waals surface area contributed by atoms with Gasteiger partial charge in [0.2, 0.25) is 11.4 Å². The van der Waals surface area contributed by atoms with Gasteiger partial charge in [0.1, 0.15) is 0 Å². The van der Waals surface area contributed by atoms with E-state index in [1.807, 2.05) is 53.9 Å². The van der Waals surface area contributed by atoms with Gasteiger partial charge in [0.25, 0.3) is 5.22 Å². The zero-order valence-electron chi connectivity index (χ0n) is 16.5. The molecule has 5 rings (SSSR count). The molecule has 0 aliphatic rings. The van der Waals surface area contributed by atoms with Crippen molar-refractivity contribution in [2.45, 2.75) is 17.4 Å². The Morgan fingerprint density at radius 3 is 2.94 bits per heavy atom. The lowest BCUT2D eigenvalue weighted by molar-refractivity contribution is 0.419. The standard InChI is InChI=1S/C22H16ClN5O2S2/c23-14-4-3-5-15(9-14)24-21-25-16(12-31-21)10-20-27-28-22(30-20)32-11-13-8-19(29)26-18-7-2-1-6-17(13)18/h1-9,12H,10-11H2,(H,24,25)(H,26,29). The first-order valence-corrected chi connectivity index (χ1v) is 11.9. The first-order valence-electron chi connectivity index (χ1n) is 9.65. The van der Waals surface area contributed by atoms with Gasteiger partial charge in [-0.1, -0.05) is 47.6 Å². The average molecular weight is 482 g/mol. The highest BCUT2D eigenvalue weighted by molar-refractivity contribution is 7.98. The Balaban J connectivity index is 1.23. The number of benzene rings is 2. The fraction of sp³-hybridized carbons (Fsp3) is 0.0909. The van der Waals surface area contributed by atoms with E-state index in [9.17, 15) is 4.79 Å². The zero-order valence-corrected chi connectivity index (χ0v) is 18.9. The van der Waals surface area contributed by atoms with E-state index in [0.29, 0.717) is 28.3 Å². The van der Waals surface area contributed by atoms with Crippen LogP contribution in [0.2, 0.25) is 5.02 Å². The molecule has 0 saturated heterocycles. The van der Waals surface area contributed by atoms with Gasteiger partial charge in [0.05, 0.1) is 12.1 Å². The molecule has 160 valence electrons. The number of para-hydroxylation sites is 1. The minimum absolute atomic E-state index is 0.128. The first-order chi connectivity index (χ1) is 15.6. The molecule has 0 amide bonds. The Labute approximate surface area is 195 Å². The molecular formula is C22H16ClN5O2S2. The number of pyridine rings is 1. The maximum absolute atomic E-state index is 11.9. The van der Waals surface area contributed by atoms with E-state index in [1.165, 1.54) is 23.1 Å². The molecule has 0 aliphatic carbocycles. The Morgan fingerprint density at radius 2 is 2.03 bits per heavy atom. The summed E-state index contributed by atoms with van der Waals surface area (Å²) in [7, 11) is 0. The van der Waals surface area contributed by atoms with Crippen LogP contribution in [-0.4, -0.2) is 20.2 Å². The van der Waals surface area contributed by atoms with E-state index in [-0.39, 0.29) is 5.56 Å². The van der Waals surface area contributed by atoms with Gasteiger partial charge in [0.15, 0.2) is 5.13 Å². The third kappa shape index (κ3) is 4.85. The summed E-state index contributed by atoms with van der Waals surface area (Å²) in [6, 6.07) is 16.8. The fourth-order valence-electron chi connectivity index (χ4n) is 3.19. The molecule has 3 aromatic heterocycles. The van der Waals surface area contributed by atoms with E-state index >= 15 is 0 Å². The number of H-pyrrole nitrogens is 1. The molecule has 5 aromatic rings. The molecule has 2 aromatic carbocycles. The normalized spacial score (nSPS) is 11.2. The van der Waals surface area contributed by atoms with Gasteiger partial charge in [-0.25, -0.2) is 4.98 Å². The van der Waals surface area contributed by atoms with Gasteiger partial charge in [-0.05, 0) is 29.8 Å². The molecule has 0 spiro atoms. The van der Waals surface area contributed by atoms with E-state index in [0.717, 1.165) is 33.0 Å². The van der Waals surface area contributed by atoms with Crippen LogP contribution in [0.15, 0.2) is 74.4 Å². The predicted octanol–water partition coefficient (Wildman–Crippen LogP) is 5.65. The van der Waals surface area contributed by atoms with Crippen molar-refractivity contribution in [1.29, 1.82) is 0 Å². The highest BCUT2D eigenvalue weighted by Crippen LogP contribution is 2.27. The van der Waals surface area contributed by atoms with Crippen LogP contribution in [0.5, 0.6) is 0 Å². The summed E-state index contributed by atoms with van der Waals surface area (Å²) in [5, 5.41) is 16.3. The number of halogens is 1. The molecule has 0 bridgehead atoms. The molecule has 0 saturated carbocycles. The minimum atomic E-state index is -0.128. The molecule has 0 fully saturated rings. The van der Waals surface area contributed by atoms with Crippen molar-refractivity contribution >= 4 is 56.4 Å². The number of nitrogens with zero attached hydrogens (tertiary/aromatic N) is 3. The van der Waals surface area contributed by atoms with Gasteiger partial charge in [-0.2, -0.15) is 0 Å². The molecule has 32 heavy (non-hydrogen) atoms. The average Bonchev–Trinajstić information content (AvgIpc) is 3.41. The number of rotatable bonds is 7. The summed E-state index contributed by atoms with van der Waals surface area (Å²) in [5.41, 5.74) is 3.32. The molecule has 0 radical (unpaired) electrons. The lowest BCUT2D eigenvalue weighted by Gasteiger charge is -2.04. The van der Waals surface area contributed by atoms with Crippen molar-refractivity contribution in [1.82, 2.24) is 20.2 Å². The molecule has 0 unspecified atom stereocenters. The number of thiazole rings is 1. The van der Waals surface area contributed by atoms with Crippen LogP contribution in [0.4, 0.5) is 10.8 Å². The molecule has 3 heterocycles. The molecule has 2 N–H and O–H groups in total. The second-order valence-electron chi connectivity index (χ2n) is 6.91. The van der Waals surface area contributed by atoms with E-state index in [2.05, 4.69) is 25.5 Å². The Kier molecular flexibility index (Phi) is 5.93. The molecule has 0 atom stereocenters. The van der Waals surface area contributed by atoms with Crippen molar-refractivity contribution in [3.63, 3.8) is 0 Å². The van der Waals surface area contributed by atoms with Crippen LogP contribution in [0.1, 0.15) is 17.1 Å². The maximum atomic E-state index is 11.9. The summed E-state index contributed by atoms with van der Waals surface area (Å²) in [6.45, 7) is 0. The van der Waals surface area contributed by atoms with Crippen LogP contribution >= 0.6 is 34.7 Å². The number of fused-ring (bicyclic) bond motifs is 1. The van der Waals surface area contributed by atoms with Crippen LogP contribution < -0.4 is 10.9 Å². The SMILES string of the molecule is O=c1cc(CSc2nnc(Cc3csc(Nc4cccc(Cl)c4)n3)o2)c2ccccc2[nH]1. The lowest BCUT2D eigenvalue weighted by atomic mass is 10.1.